The highest BCUT2D eigenvalue weighted by molar-refractivity contribution is 14.1. The number of benzene rings is 2. The van der Waals surface area contributed by atoms with E-state index >= 15 is 0 Å². The number of rotatable bonds is 4. The summed E-state index contributed by atoms with van der Waals surface area (Å²) in [6.45, 7) is 4.14. The molecule has 0 bridgehead atoms. The van der Waals surface area contributed by atoms with Crippen molar-refractivity contribution in [2.75, 3.05) is 11.6 Å². The third-order valence-corrected chi connectivity index (χ3v) is 5.65. The molecule has 0 heterocycles. The van der Waals surface area contributed by atoms with E-state index in [0.717, 1.165) is 11.3 Å². The molecule has 112 valence electrons. The van der Waals surface area contributed by atoms with Gasteiger partial charge in [0.05, 0.1) is 4.90 Å². The molecule has 0 aliphatic carbocycles. The Hall–Kier alpha value is -1.08. The summed E-state index contributed by atoms with van der Waals surface area (Å²) in [6.07, 6.45) is 1.22. The Morgan fingerprint density at radius 2 is 1.71 bits per heavy atom. The van der Waals surface area contributed by atoms with E-state index in [1.54, 1.807) is 12.1 Å². The summed E-state index contributed by atoms with van der Waals surface area (Å²) in [7, 11) is -3.14. The highest BCUT2D eigenvalue weighted by Gasteiger charge is 2.10. The Bertz CT molecular complexity index is 739. The van der Waals surface area contributed by atoms with Crippen molar-refractivity contribution in [3.8, 4) is 0 Å². The Labute approximate surface area is 139 Å². The second-order valence-corrected chi connectivity index (χ2v) is 8.35. The smallest absolute Gasteiger partial charge is 0.175 e. The molecule has 0 saturated carbocycles. The van der Waals surface area contributed by atoms with Crippen LogP contribution in [-0.4, -0.2) is 14.7 Å². The van der Waals surface area contributed by atoms with E-state index in [4.69, 9.17) is 0 Å². The zero-order chi connectivity index (χ0) is 15.6. The largest absolute Gasteiger partial charge is 0.378 e. The molecule has 1 N–H and O–H groups in total. The van der Waals surface area contributed by atoms with Crippen LogP contribution in [0.3, 0.4) is 0 Å². The van der Waals surface area contributed by atoms with Crippen molar-refractivity contribution in [1.29, 1.82) is 0 Å². The lowest BCUT2D eigenvalue weighted by Gasteiger charge is -2.16. The number of anilines is 1. The van der Waals surface area contributed by atoms with Crippen LogP contribution in [0.25, 0.3) is 0 Å². The molecular formula is C16H18INO2S. The second kappa shape index (κ2) is 6.36. The van der Waals surface area contributed by atoms with Crippen molar-refractivity contribution in [3.63, 3.8) is 0 Å². The van der Waals surface area contributed by atoms with Crippen molar-refractivity contribution in [1.82, 2.24) is 0 Å². The van der Waals surface area contributed by atoms with Gasteiger partial charge in [-0.2, -0.15) is 0 Å². The molecular weight excluding hydrogens is 397 g/mol. The first-order valence-electron chi connectivity index (χ1n) is 6.60. The Kier molecular flexibility index (Phi) is 4.93. The minimum Gasteiger partial charge on any atom is -0.378 e. The number of hydrogen-bond acceptors (Lipinski definition) is 3. The van der Waals surface area contributed by atoms with E-state index in [2.05, 4.69) is 60.0 Å². The van der Waals surface area contributed by atoms with Gasteiger partial charge in [0.25, 0.3) is 0 Å². The van der Waals surface area contributed by atoms with E-state index in [9.17, 15) is 8.42 Å². The maximum atomic E-state index is 11.5. The van der Waals surface area contributed by atoms with Crippen LogP contribution in [0.1, 0.15) is 24.1 Å². The van der Waals surface area contributed by atoms with Gasteiger partial charge in [-0.3, -0.25) is 0 Å². The zero-order valence-corrected chi connectivity index (χ0v) is 15.2. The van der Waals surface area contributed by atoms with Gasteiger partial charge in [0.15, 0.2) is 9.84 Å². The molecule has 0 aromatic heterocycles. The van der Waals surface area contributed by atoms with Crippen LogP contribution >= 0.6 is 22.6 Å². The normalized spacial score (nSPS) is 13.0. The lowest BCUT2D eigenvalue weighted by atomic mass is 10.1. The number of halogens is 1. The van der Waals surface area contributed by atoms with Crippen molar-refractivity contribution < 1.29 is 8.42 Å². The van der Waals surface area contributed by atoms with E-state index < -0.39 is 9.84 Å². The molecule has 5 heteroatoms. The maximum Gasteiger partial charge on any atom is 0.175 e. The van der Waals surface area contributed by atoms with Crippen LogP contribution in [0, 0.1) is 10.5 Å². The quantitative estimate of drug-likeness (QED) is 0.763. The highest BCUT2D eigenvalue weighted by Crippen LogP contribution is 2.23. The summed E-state index contributed by atoms with van der Waals surface area (Å²) in [6, 6.07) is 13.4. The topological polar surface area (TPSA) is 46.2 Å². The summed E-state index contributed by atoms with van der Waals surface area (Å²) in [5.41, 5.74) is 3.37. The predicted molar refractivity (Wildman–Crippen MR) is 95.5 cm³/mol. The van der Waals surface area contributed by atoms with E-state index in [0.29, 0.717) is 4.90 Å². The summed E-state index contributed by atoms with van der Waals surface area (Å²) in [4.78, 5) is 0.350. The third-order valence-electron chi connectivity index (χ3n) is 3.36. The maximum absolute atomic E-state index is 11.5. The first-order valence-corrected chi connectivity index (χ1v) is 9.57. The minimum absolute atomic E-state index is 0.108. The molecule has 1 atom stereocenters. The number of nitrogens with one attached hydrogen (secondary N) is 1. The van der Waals surface area contributed by atoms with Crippen LogP contribution in [-0.2, 0) is 9.84 Å². The third kappa shape index (κ3) is 4.20. The molecule has 0 aliphatic heterocycles. The minimum atomic E-state index is -3.14. The average Bonchev–Trinajstić information content (AvgIpc) is 2.42. The molecule has 3 nitrogen and oxygen atoms in total. The molecule has 2 aromatic rings. The Morgan fingerprint density at radius 3 is 2.24 bits per heavy atom. The van der Waals surface area contributed by atoms with Crippen molar-refractivity contribution in [2.45, 2.75) is 24.8 Å². The summed E-state index contributed by atoms with van der Waals surface area (Å²) in [5.74, 6) is 0. The highest BCUT2D eigenvalue weighted by atomic mass is 127. The number of aryl methyl sites for hydroxylation is 1. The fraction of sp³-hybridized carbons (Fsp3) is 0.250. The van der Waals surface area contributed by atoms with Crippen LogP contribution in [0.5, 0.6) is 0 Å². The fourth-order valence-corrected chi connectivity index (χ4v) is 3.17. The molecule has 2 aromatic carbocycles. The van der Waals surface area contributed by atoms with Gasteiger partial charge in [0.1, 0.15) is 0 Å². The Balaban J connectivity index is 2.16. The monoisotopic (exact) mass is 415 g/mol. The molecule has 1 unspecified atom stereocenters. The molecule has 0 saturated heterocycles. The first-order chi connectivity index (χ1) is 9.77. The summed E-state index contributed by atoms with van der Waals surface area (Å²) >= 11 is 2.32. The molecule has 0 radical (unpaired) electrons. The second-order valence-electron chi connectivity index (χ2n) is 5.17. The first kappa shape index (κ1) is 16.3. The van der Waals surface area contributed by atoms with Gasteiger partial charge >= 0.3 is 0 Å². The van der Waals surface area contributed by atoms with Crippen molar-refractivity contribution in [2.24, 2.45) is 0 Å². The molecule has 21 heavy (non-hydrogen) atoms. The molecule has 0 amide bonds. The van der Waals surface area contributed by atoms with Crippen molar-refractivity contribution in [3.05, 3.63) is 57.2 Å². The van der Waals surface area contributed by atoms with Crippen molar-refractivity contribution >= 4 is 38.1 Å². The molecule has 0 spiro atoms. The SMILES string of the molecule is Cc1ccc(NC(C)c2ccc(S(C)(=O)=O)cc2)cc1I. The fourth-order valence-electron chi connectivity index (χ4n) is 2.02. The summed E-state index contributed by atoms with van der Waals surface area (Å²) < 4.78 is 24.1. The van der Waals surface area contributed by atoms with Crippen LogP contribution in [0.15, 0.2) is 47.4 Å². The zero-order valence-electron chi connectivity index (χ0n) is 12.2. The van der Waals surface area contributed by atoms with Crippen LogP contribution in [0.2, 0.25) is 0 Å². The van der Waals surface area contributed by atoms with Gasteiger partial charge in [-0.05, 0) is 71.8 Å². The van der Waals surface area contributed by atoms with Crippen LogP contribution in [0.4, 0.5) is 5.69 Å². The van der Waals surface area contributed by atoms with Gasteiger partial charge in [-0.25, -0.2) is 8.42 Å². The van der Waals surface area contributed by atoms with Gasteiger partial charge in [-0.1, -0.05) is 18.2 Å². The molecule has 2 rings (SSSR count). The number of sulfone groups is 1. The molecule has 0 aliphatic rings. The number of hydrogen-bond donors (Lipinski definition) is 1. The van der Waals surface area contributed by atoms with Gasteiger partial charge in [-0.15, -0.1) is 0 Å². The Morgan fingerprint density at radius 1 is 1.10 bits per heavy atom. The average molecular weight is 415 g/mol. The van der Waals surface area contributed by atoms with Crippen LogP contribution < -0.4 is 5.32 Å². The summed E-state index contributed by atoms with van der Waals surface area (Å²) in [5, 5.41) is 3.43. The molecule has 0 fully saturated rings. The van der Waals surface area contributed by atoms with E-state index in [-0.39, 0.29) is 6.04 Å². The lowest BCUT2D eigenvalue weighted by Crippen LogP contribution is -2.07. The standard InChI is InChI=1S/C16H18INO2S/c1-11-4-7-14(10-16(11)17)18-12(2)13-5-8-15(9-6-13)21(3,19)20/h4-10,12,18H,1-3H3. The predicted octanol–water partition coefficient (Wildman–Crippen LogP) is 4.18. The van der Waals surface area contributed by atoms with E-state index in [1.165, 1.54) is 15.4 Å². The van der Waals surface area contributed by atoms with Gasteiger partial charge < -0.3 is 5.32 Å². The van der Waals surface area contributed by atoms with E-state index in [1.807, 2.05) is 12.1 Å². The lowest BCUT2D eigenvalue weighted by molar-refractivity contribution is 0.602. The van der Waals surface area contributed by atoms with Gasteiger partial charge in [0, 0.05) is 21.6 Å². The van der Waals surface area contributed by atoms with Gasteiger partial charge in [0.2, 0.25) is 0 Å².